The molecule has 9 nitrogen and oxygen atoms in total. The maximum atomic E-state index is 14.6. The van der Waals surface area contributed by atoms with E-state index in [0.717, 1.165) is 0 Å². The summed E-state index contributed by atoms with van der Waals surface area (Å²) in [5, 5.41) is 15.7. The van der Waals surface area contributed by atoms with Crippen molar-refractivity contribution >= 4 is 57.9 Å². The van der Waals surface area contributed by atoms with Crippen LogP contribution in [0.1, 0.15) is 38.6 Å². The van der Waals surface area contributed by atoms with Gasteiger partial charge in [0.1, 0.15) is 11.3 Å². The Morgan fingerprint density at radius 3 is 2.67 bits per heavy atom. The van der Waals surface area contributed by atoms with E-state index in [4.69, 9.17) is 28.9 Å². The number of imidazole rings is 1. The number of carbonyl (C=O) groups excluding carboxylic acids is 1. The number of rotatable bonds is 7. The molecule has 0 saturated heterocycles. The number of hydrogen-bond donors (Lipinski definition) is 4. The van der Waals surface area contributed by atoms with Gasteiger partial charge in [0, 0.05) is 23.0 Å². The zero-order chi connectivity index (χ0) is 23.7. The van der Waals surface area contributed by atoms with Crippen molar-refractivity contribution in [2.45, 2.75) is 44.7 Å². The fourth-order valence-corrected chi connectivity index (χ4v) is 4.57. The number of benzene rings is 1. The maximum Gasteiger partial charge on any atom is 0.225 e. The Hall–Kier alpha value is -2.69. The van der Waals surface area contributed by atoms with Gasteiger partial charge in [-0.2, -0.15) is 4.98 Å². The molecule has 0 spiro atoms. The molecule has 1 fully saturated rings. The average Bonchev–Trinajstić information content (AvgIpc) is 3.13. The summed E-state index contributed by atoms with van der Waals surface area (Å²) in [6, 6.07) is 2.31. The topological polar surface area (TPSA) is 131 Å². The minimum atomic E-state index is -0.617. The van der Waals surface area contributed by atoms with Crippen molar-refractivity contribution in [1.29, 1.82) is 0 Å². The van der Waals surface area contributed by atoms with Crippen molar-refractivity contribution < 1.29 is 14.3 Å². The monoisotopic (exact) mass is 495 g/mol. The predicted octanol–water partition coefficient (Wildman–Crippen LogP) is 4.03. The highest BCUT2D eigenvalue weighted by Gasteiger charge is 2.29. The molecule has 2 aromatic heterocycles. The normalized spacial score (nSPS) is 19.4. The number of carbonyl (C=O) groups is 1. The smallest absolute Gasteiger partial charge is 0.225 e. The summed E-state index contributed by atoms with van der Waals surface area (Å²) >= 11 is 12.1. The Labute approximate surface area is 199 Å². The highest BCUT2D eigenvalue weighted by molar-refractivity contribution is 6.36. The second-order valence-corrected chi connectivity index (χ2v) is 9.06. The van der Waals surface area contributed by atoms with Crippen molar-refractivity contribution in [3.8, 4) is 0 Å². The van der Waals surface area contributed by atoms with E-state index in [0.29, 0.717) is 48.7 Å². The number of nitrogens with zero attached hydrogens (tertiary/aromatic N) is 4. The van der Waals surface area contributed by atoms with Gasteiger partial charge in [0.15, 0.2) is 5.65 Å². The summed E-state index contributed by atoms with van der Waals surface area (Å²) in [6.45, 7) is 1.72. The molecular formula is C21H24Cl2FN7O2. The minimum Gasteiger partial charge on any atom is -0.394 e. The molecule has 33 heavy (non-hydrogen) atoms. The highest BCUT2D eigenvalue weighted by atomic mass is 35.5. The summed E-state index contributed by atoms with van der Waals surface area (Å²) in [4.78, 5) is 25.1. The van der Waals surface area contributed by atoms with Gasteiger partial charge in [0.25, 0.3) is 0 Å². The number of aliphatic hydroxyl groups is 1. The summed E-state index contributed by atoms with van der Waals surface area (Å²) < 4.78 is 16.5. The quantitative estimate of drug-likeness (QED) is 0.389. The zero-order valence-electron chi connectivity index (χ0n) is 17.9. The highest BCUT2D eigenvalue weighted by Crippen LogP contribution is 2.38. The van der Waals surface area contributed by atoms with E-state index in [9.17, 15) is 14.3 Å². The van der Waals surface area contributed by atoms with Gasteiger partial charge in [0.2, 0.25) is 17.8 Å². The van der Waals surface area contributed by atoms with E-state index in [1.54, 1.807) is 13.1 Å². The molecule has 0 radical (unpaired) electrons. The minimum absolute atomic E-state index is 0.0451. The van der Waals surface area contributed by atoms with Gasteiger partial charge >= 0.3 is 0 Å². The average molecular weight is 496 g/mol. The molecule has 12 heteroatoms. The molecule has 0 unspecified atom stereocenters. The predicted molar refractivity (Wildman–Crippen MR) is 125 cm³/mol. The van der Waals surface area contributed by atoms with E-state index in [2.05, 4.69) is 25.6 Å². The second-order valence-electron chi connectivity index (χ2n) is 8.21. The number of aromatic nitrogens is 4. The van der Waals surface area contributed by atoms with Crippen LogP contribution in [0.2, 0.25) is 10.0 Å². The van der Waals surface area contributed by atoms with Gasteiger partial charge in [-0.25, -0.2) is 14.4 Å². The van der Waals surface area contributed by atoms with Crippen LogP contribution in [0.15, 0.2) is 18.3 Å². The van der Waals surface area contributed by atoms with Crippen LogP contribution in [-0.4, -0.2) is 43.2 Å². The molecule has 4 rings (SSSR count). The SMILES string of the molecule is C[C@@H](CO)Nc1ncc2nc(Nc3c(F)cc(Cl)cc3Cl)n(C3CCC(C(N)=O)CC3)c2n1. The van der Waals surface area contributed by atoms with E-state index in [1.807, 2.05) is 4.57 Å². The zero-order valence-corrected chi connectivity index (χ0v) is 19.4. The first-order valence-electron chi connectivity index (χ1n) is 10.6. The molecule has 1 saturated carbocycles. The number of hydrogen-bond acceptors (Lipinski definition) is 7. The van der Waals surface area contributed by atoms with Crippen LogP contribution in [0.4, 0.5) is 22.0 Å². The van der Waals surface area contributed by atoms with Crippen molar-refractivity contribution in [2.24, 2.45) is 11.7 Å². The van der Waals surface area contributed by atoms with Crippen molar-refractivity contribution in [3.05, 3.63) is 34.2 Å². The number of fused-ring (bicyclic) bond motifs is 1. The third-order valence-corrected chi connectivity index (χ3v) is 6.31. The lowest BCUT2D eigenvalue weighted by Crippen LogP contribution is -2.29. The van der Waals surface area contributed by atoms with Gasteiger partial charge in [-0.3, -0.25) is 9.36 Å². The van der Waals surface area contributed by atoms with Crippen LogP contribution in [-0.2, 0) is 4.79 Å². The number of primary amides is 1. The van der Waals surface area contributed by atoms with E-state index >= 15 is 0 Å². The Morgan fingerprint density at radius 2 is 2.03 bits per heavy atom. The van der Waals surface area contributed by atoms with E-state index in [-0.39, 0.29) is 46.2 Å². The third-order valence-electron chi connectivity index (χ3n) is 5.79. The number of halogens is 3. The molecule has 2 heterocycles. The van der Waals surface area contributed by atoms with E-state index in [1.165, 1.54) is 12.1 Å². The first-order valence-corrected chi connectivity index (χ1v) is 11.4. The lowest BCUT2D eigenvalue weighted by Gasteiger charge is -2.29. The Balaban J connectivity index is 1.77. The number of amides is 1. The third kappa shape index (κ3) is 4.97. The molecule has 5 N–H and O–H groups in total. The Morgan fingerprint density at radius 1 is 1.30 bits per heavy atom. The fourth-order valence-electron chi connectivity index (χ4n) is 4.05. The van der Waals surface area contributed by atoms with Crippen LogP contribution in [0, 0.1) is 11.7 Å². The van der Waals surface area contributed by atoms with Gasteiger partial charge < -0.3 is 21.5 Å². The molecular weight excluding hydrogens is 472 g/mol. The summed E-state index contributed by atoms with van der Waals surface area (Å²) in [7, 11) is 0. The van der Waals surface area contributed by atoms with Gasteiger partial charge in [-0.1, -0.05) is 23.2 Å². The Kier molecular flexibility index (Phi) is 6.87. The maximum absolute atomic E-state index is 14.6. The first-order chi connectivity index (χ1) is 15.8. The largest absolute Gasteiger partial charge is 0.394 e. The van der Waals surface area contributed by atoms with Crippen molar-refractivity contribution in [3.63, 3.8) is 0 Å². The van der Waals surface area contributed by atoms with Gasteiger partial charge in [0.05, 0.1) is 23.5 Å². The summed E-state index contributed by atoms with van der Waals surface area (Å²) in [5.41, 5.74) is 6.57. The summed E-state index contributed by atoms with van der Waals surface area (Å²) in [6.07, 6.45) is 4.17. The standard InChI is InChI=1S/C21H24Cl2FN7O2/c1-10(9-32)27-20-26-8-16-19(30-20)31(13-4-2-11(3-5-13)18(25)33)21(28-16)29-17-14(23)6-12(22)7-15(17)24/h6-8,10-11,13,32H,2-5,9H2,1H3,(H2,25,33)(H,28,29)(H,26,27,30)/t10-,11?,13?/m0/s1. The number of aliphatic hydroxyl groups excluding tert-OH is 1. The molecule has 1 amide bonds. The molecule has 1 aliphatic carbocycles. The van der Waals surface area contributed by atoms with E-state index < -0.39 is 5.82 Å². The second kappa shape index (κ2) is 9.66. The molecule has 1 atom stereocenters. The molecule has 1 aromatic carbocycles. The van der Waals surface area contributed by atoms with Crippen LogP contribution in [0.3, 0.4) is 0 Å². The van der Waals surface area contributed by atoms with Crippen LogP contribution >= 0.6 is 23.2 Å². The lowest BCUT2D eigenvalue weighted by atomic mass is 9.85. The Bertz CT molecular complexity index is 1160. The molecule has 176 valence electrons. The lowest BCUT2D eigenvalue weighted by molar-refractivity contribution is -0.122. The van der Waals surface area contributed by atoms with Crippen molar-refractivity contribution in [1.82, 2.24) is 19.5 Å². The fraction of sp³-hybridized carbons (Fsp3) is 0.429. The first kappa shape index (κ1) is 23.5. The van der Waals surface area contributed by atoms with Gasteiger partial charge in [-0.05, 0) is 44.7 Å². The molecule has 3 aromatic rings. The van der Waals surface area contributed by atoms with Crippen LogP contribution in [0.25, 0.3) is 11.2 Å². The number of nitrogens with one attached hydrogen (secondary N) is 2. The molecule has 0 bridgehead atoms. The number of anilines is 3. The number of nitrogens with two attached hydrogens (primary N) is 1. The molecule has 1 aliphatic rings. The van der Waals surface area contributed by atoms with Crippen molar-refractivity contribution in [2.75, 3.05) is 17.2 Å². The van der Waals surface area contributed by atoms with Crippen LogP contribution in [0.5, 0.6) is 0 Å². The molecule has 0 aliphatic heterocycles. The van der Waals surface area contributed by atoms with Crippen LogP contribution < -0.4 is 16.4 Å². The van der Waals surface area contributed by atoms with Gasteiger partial charge in [-0.15, -0.1) is 0 Å². The summed E-state index contributed by atoms with van der Waals surface area (Å²) in [5.74, 6) is -0.415.